The van der Waals surface area contributed by atoms with Gasteiger partial charge in [0.1, 0.15) is 5.52 Å². The molecule has 120 valence electrons. The Labute approximate surface area is 142 Å². The van der Waals surface area contributed by atoms with Gasteiger partial charge in [0.25, 0.3) is 0 Å². The van der Waals surface area contributed by atoms with Crippen molar-refractivity contribution >= 4 is 22.1 Å². The third-order valence-corrected chi connectivity index (χ3v) is 4.23. The van der Waals surface area contributed by atoms with Gasteiger partial charge in [0.2, 0.25) is 0 Å². The van der Waals surface area contributed by atoms with E-state index in [4.69, 9.17) is 4.98 Å². The number of hydrogen-bond acceptors (Lipinski definition) is 5. The average Bonchev–Trinajstić information content (AvgIpc) is 3.25. The number of H-pyrrole nitrogens is 2. The first-order valence-electron chi connectivity index (χ1n) is 7.86. The molecule has 0 unspecified atom stereocenters. The summed E-state index contributed by atoms with van der Waals surface area (Å²) in [6.45, 7) is 2.05. The maximum Gasteiger partial charge on any atom is 0.161 e. The van der Waals surface area contributed by atoms with E-state index in [1.807, 2.05) is 37.4 Å². The number of rotatable bonds is 2. The molecule has 0 aromatic carbocycles. The molecule has 0 aliphatic heterocycles. The molecule has 25 heavy (non-hydrogen) atoms. The van der Waals surface area contributed by atoms with Crippen molar-refractivity contribution in [1.82, 2.24) is 35.1 Å². The predicted octanol–water partition coefficient (Wildman–Crippen LogP) is 3.27. The fraction of sp³-hybridized carbons (Fsp3) is 0.0556. The Kier molecular flexibility index (Phi) is 2.87. The average molecular weight is 327 g/mol. The molecule has 0 atom stereocenters. The van der Waals surface area contributed by atoms with E-state index in [0.29, 0.717) is 11.5 Å². The number of hydrogen-bond donors (Lipinski definition) is 2. The van der Waals surface area contributed by atoms with Crippen LogP contribution >= 0.6 is 0 Å². The van der Waals surface area contributed by atoms with Crippen molar-refractivity contribution in [2.75, 3.05) is 0 Å². The van der Waals surface area contributed by atoms with Crippen LogP contribution in [0.25, 0.3) is 44.8 Å². The molecular formula is C18H13N7. The lowest BCUT2D eigenvalue weighted by molar-refractivity contribution is 1.10. The zero-order valence-corrected chi connectivity index (χ0v) is 13.4. The maximum atomic E-state index is 4.80. The molecule has 0 fully saturated rings. The SMILES string of the molecule is Cc1ccncc1-c1ccc2[nH]nc(-c3nc4ccncc4[nH]3)c2n1. The van der Waals surface area contributed by atoms with Crippen molar-refractivity contribution in [2.45, 2.75) is 6.92 Å². The van der Waals surface area contributed by atoms with Crippen LogP contribution in [0.15, 0.2) is 49.1 Å². The fourth-order valence-corrected chi connectivity index (χ4v) is 2.92. The van der Waals surface area contributed by atoms with Crippen LogP contribution in [-0.2, 0) is 0 Å². The molecule has 7 nitrogen and oxygen atoms in total. The minimum absolute atomic E-state index is 0.668. The van der Waals surface area contributed by atoms with Crippen molar-refractivity contribution in [2.24, 2.45) is 0 Å². The maximum absolute atomic E-state index is 4.80. The van der Waals surface area contributed by atoms with Gasteiger partial charge in [-0.2, -0.15) is 5.10 Å². The van der Waals surface area contributed by atoms with Crippen LogP contribution in [0.5, 0.6) is 0 Å². The van der Waals surface area contributed by atoms with Crippen LogP contribution in [-0.4, -0.2) is 35.1 Å². The van der Waals surface area contributed by atoms with Crippen LogP contribution in [0, 0.1) is 6.92 Å². The molecule has 5 aromatic rings. The van der Waals surface area contributed by atoms with Crippen molar-refractivity contribution in [1.29, 1.82) is 0 Å². The van der Waals surface area contributed by atoms with Crippen LogP contribution < -0.4 is 0 Å². The number of aryl methyl sites for hydroxylation is 1. The van der Waals surface area contributed by atoms with Crippen LogP contribution in [0.1, 0.15) is 5.56 Å². The highest BCUT2D eigenvalue weighted by Gasteiger charge is 2.15. The predicted molar refractivity (Wildman–Crippen MR) is 94.7 cm³/mol. The molecule has 5 aromatic heterocycles. The van der Waals surface area contributed by atoms with Gasteiger partial charge in [-0.25, -0.2) is 9.97 Å². The summed E-state index contributed by atoms with van der Waals surface area (Å²) in [7, 11) is 0. The first kappa shape index (κ1) is 13.8. The summed E-state index contributed by atoms with van der Waals surface area (Å²) in [6.07, 6.45) is 7.08. The number of pyridine rings is 3. The third kappa shape index (κ3) is 2.17. The molecule has 0 aliphatic rings. The molecule has 0 aliphatic carbocycles. The highest BCUT2D eigenvalue weighted by atomic mass is 15.1. The Morgan fingerprint density at radius 3 is 2.64 bits per heavy atom. The van der Waals surface area contributed by atoms with Gasteiger partial charge >= 0.3 is 0 Å². The lowest BCUT2D eigenvalue weighted by Gasteiger charge is -2.04. The Balaban J connectivity index is 1.71. The van der Waals surface area contributed by atoms with E-state index in [0.717, 1.165) is 38.9 Å². The Hall–Kier alpha value is -3.61. The minimum atomic E-state index is 0.668. The topological polar surface area (TPSA) is 96.0 Å². The van der Waals surface area contributed by atoms with Gasteiger partial charge in [-0.05, 0) is 36.8 Å². The van der Waals surface area contributed by atoms with Gasteiger partial charge in [0.05, 0.1) is 28.4 Å². The van der Waals surface area contributed by atoms with E-state index >= 15 is 0 Å². The smallest absolute Gasteiger partial charge is 0.161 e. The molecule has 0 spiro atoms. The van der Waals surface area contributed by atoms with Gasteiger partial charge < -0.3 is 4.98 Å². The monoisotopic (exact) mass is 327 g/mol. The molecule has 5 rings (SSSR count). The fourth-order valence-electron chi connectivity index (χ4n) is 2.92. The Morgan fingerprint density at radius 2 is 1.76 bits per heavy atom. The van der Waals surface area contributed by atoms with Crippen LogP contribution in [0.2, 0.25) is 0 Å². The summed E-state index contributed by atoms with van der Waals surface area (Å²) in [5.74, 6) is 0.668. The molecule has 0 radical (unpaired) electrons. The number of nitrogens with zero attached hydrogens (tertiary/aromatic N) is 5. The van der Waals surface area contributed by atoms with E-state index in [-0.39, 0.29) is 0 Å². The summed E-state index contributed by atoms with van der Waals surface area (Å²) in [6, 6.07) is 7.79. The summed E-state index contributed by atoms with van der Waals surface area (Å²) in [5.41, 5.74) is 7.03. The second-order valence-electron chi connectivity index (χ2n) is 5.83. The van der Waals surface area contributed by atoms with Gasteiger partial charge in [0.15, 0.2) is 11.5 Å². The summed E-state index contributed by atoms with van der Waals surface area (Å²) < 4.78 is 0. The Morgan fingerprint density at radius 1 is 0.880 bits per heavy atom. The van der Waals surface area contributed by atoms with Crippen molar-refractivity contribution in [3.63, 3.8) is 0 Å². The van der Waals surface area contributed by atoms with Crippen molar-refractivity contribution in [3.05, 3.63) is 54.6 Å². The summed E-state index contributed by atoms with van der Waals surface area (Å²) >= 11 is 0. The van der Waals surface area contributed by atoms with Crippen LogP contribution in [0.4, 0.5) is 0 Å². The van der Waals surface area contributed by atoms with Crippen molar-refractivity contribution < 1.29 is 0 Å². The first-order valence-corrected chi connectivity index (χ1v) is 7.86. The lowest BCUT2D eigenvalue weighted by atomic mass is 10.1. The second kappa shape index (κ2) is 5.20. The molecule has 0 bridgehead atoms. The van der Waals surface area contributed by atoms with E-state index in [9.17, 15) is 0 Å². The van der Waals surface area contributed by atoms with Gasteiger partial charge in [-0.3, -0.25) is 15.1 Å². The number of fused-ring (bicyclic) bond motifs is 2. The largest absolute Gasteiger partial charge is 0.335 e. The molecule has 2 N–H and O–H groups in total. The van der Waals surface area contributed by atoms with Gasteiger partial charge in [0, 0.05) is 24.2 Å². The molecule has 7 heteroatoms. The zero-order chi connectivity index (χ0) is 16.8. The van der Waals surface area contributed by atoms with Gasteiger partial charge in [-0.1, -0.05) is 0 Å². The van der Waals surface area contributed by atoms with Crippen LogP contribution in [0.3, 0.4) is 0 Å². The van der Waals surface area contributed by atoms with Gasteiger partial charge in [-0.15, -0.1) is 0 Å². The highest BCUT2D eigenvalue weighted by molar-refractivity contribution is 5.91. The van der Waals surface area contributed by atoms with Crippen molar-refractivity contribution in [3.8, 4) is 22.8 Å². The normalized spacial score (nSPS) is 11.4. The van der Waals surface area contributed by atoms with E-state index in [1.165, 1.54) is 0 Å². The lowest BCUT2D eigenvalue weighted by Crippen LogP contribution is -1.90. The van der Waals surface area contributed by atoms with E-state index in [1.54, 1.807) is 18.6 Å². The third-order valence-electron chi connectivity index (χ3n) is 4.23. The minimum Gasteiger partial charge on any atom is -0.335 e. The molecule has 5 heterocycles. The number of imidazole rings is 1. The summed E-state index contributed by atoms with van der Waals surface area (Å²) in [4.78, 5) is 21.0. The van der Waals surface area contributed by atoms with E-state index in [2.05, 4.69) is 30.1 Å². The molecule has 0 amide bonds. The molecule has 0 saturated heterocycles. The first-order chi connectivity index (χ1) is 12.3. The van der Waals surface area contributed by atoms with E-state index < -0.39 is 0 Å². The zero-order valence-electron chi connectivity index (χ0n) is 13.4. The molecule has 0 saturated carbocycles. The number of nitrogens with one attached hydrogen (secondary N) is 2. The summed E-state index contributed by atoms with van der Waals surface area (Å²) in [5, 5.41) is 7.42. The number of aromatic amines is 2. The second-order valence-corrected chi connectivity index (χ2v) is 5.83. The Bertz CT molecular complexity index is 1190. The highest BCUT2D eigenvalue weighted by Crippen LogP contribution is 2.28. The standard InChI is InChI=1S/C18H13N7/c1-10-4-6-19-8-11(10)12-2-3-14-16(21-12)17(25-24-14)18-22-13-5-7-20-9-15(13)23-18/h2-9H,1H3,(H,22,23)(H,24,25). The molecular weight excluding hydrogens is 314 g/mol. The number of aromatic nitrogens is 7. The quantitative estimate of drug-likeness (QED) is 0.519.